The quantitative estimate of drug-likeness (QED) is 0.629. The Morgan fingerprint density at radius 1 is 1.27 bits per heavy atom. The predicted octanol–water partition coefficient (Wildman–Crippen LogP) is 1.22. The molecule has 3 atom stereocenters. The monoisotopic (exact) mass is 359 g/mol. The lowest BCUT2D eigenvalue weighted by Gasteiger charge is -2.13. The summed E-state index contributed by atoms with van der Waals surface area (Å²) in [5, 5.41) is 22.2. The molecule has 3 N–H and O–H groups in total. The van der Waals surface area contributed by atoms with E-state index in [1.165, 1.54) is 12.4 Å². The van der Waals surface area contributed by atoms with Crippen LogP contribution in [-0.2, 0) is 11.3 Å². The molecule has 0 aliphatic carbocycles. The van der Waals surface area contributed by atoms with Crippen LogP contribution < -0.4 is 5.32 Å². The summed E-state index contributed by atoms with van der Waals surface area (Å²) in [6.07, 6.45) is 1.44. The second kappa shape index (κ2) is 6.94. The number of aliphatic hydroxyl groups excluding tert-OH is 2. The molecule has 2 aromatic heterocycles. The highest BCUT2D eigenvalue weighted by Gasteiger charge is 2.35. The van der Waals surface area contributed by atoms with Gasteiger partial charge in [0.05, 0.1) is 19.0 Å². The van der Waals surface area contributed by atoms with Crippen LogP contribution >= 0.6 is 0 Å². The van der Waals surface area contributed by atoms with E-state index in [0.29, 0.717) is 29.0 Å². The maximum Gasteiger partial charge on any atom is 0.167 e. The minimum Gasteiger partial charge on any atom is -0.394 e. The van der Waals surface area contributed by atoms with Gasteiger partial charge >= 0.3 is 0 Å². The van der Waals surface area contributed by atoms with Gasteiger partial charge in [0.2, 0.25) is 0 Å². The molecule has 0 saturated carbocycles. The molecule has 1 aliphatic heterocycles. The maximum atomic E-state index is 13.8. The molecule has 9 heteroatoms. The lowest BCUT2D eigenvalue weighted by molar-refractivity contribution is -0.0432. The maximum absolute atomic E-state index is 13.8. The average Bonchev–Trinajstić information content (AvgIpc) is 3.24. The molecule has 1 aliphatic rings. The number of hydrogen-bond acceptors (Lipinski definition) is 7. The Hall–Kier alpha value is -2.62. The molecule has 1 saturated heterocycles. The Morgan fingerprint density at radius 3 is 2.88 bits per heavy atom. The van der Waals surface area contributed by atoms with Crippen LogP contribution in [0.5, 0.6) is 0 Å². The minimum atomic E-state index is -0.747. The molecule has 0 bridgehead atoms. The highest BCUT2D eigenvalue weighted by atomic mass is 19.1. The Labute approximate surface area is 148 Å². The Balaban J connectivity index is 1.58. The first-order valence-corrected chi connectivity index (χ1v) is 8.26. The molecular weight excluding hydrogens is 341 g/mol. The number of aromatic nitrogens is 4. The van der Waals surface area contributed by atoms with Gasteiger partial charge in [-0.3, -0.25) is 4.57 Å². The zero-order valence-electron chi connectivity index (χ0n) is 13.8. The van der Waals surface area contributed by atoms with Gasteiger partial charge in [0.15, 0.2) is 17.0 Å². The second-order valence-electron chi connectivity index (χ2n) is 6.11. The molecule has 3 aromatic rings. The van der Waals surface area contributed by atoms with Crippen molar-refractivity contribution in [1.29, 1.82) is 0 Å². The van der Waals surface area contributed by atoms with Gasteiger partial charge in [-0.1, -0.05) is 18.2 Å². The number of rotatable bonds is 5. The fourth-order valence-electron chi connectivity index (χ4n) is 3.06. The van der Waals surface area contributed by atoms with E-state index in [2.05, 4.69) is 20.3 Å². The van der Waals surface area contributed by atoms with Gasteiger partial charge in [-0.2, -0.15) is 0 Å². The first-order valence-electron chi connectivity index (χ1n) is 8.26. The standard InChI is InChI=1S/C17H18FN5O3/c18-11-4-2-1-3-10(11)6-19-16-15-17(21-8-20-16)23(9-22-15)14-5-12(25)13(7-24)26-14/h1-4,8-9,12-14,24-25H,5-7H2,(H,19,20,21)/t12-,13+,14?/m0/s1. The summed E-state index contributed by atoms with van der Waals surface area (Å²) in [5.74, 6) is 0.188. The van der Waals surface area contributed by atoms with E-state index in [9.17, 15) is 14.6 Å². The molecule has 136 valence electrons. The van der Waals surface area contributed by atoms with E-state index in [-0.39, 0.29) is 19.0 Å². The fourth-order valence-corrected chi connectivity index (χ4v) is 3.06. The number of halogens is 1. The molecule has 0 spiro atoms. The van der Waals surface area contributed by atoms with Crippen LogP contribution in [0.4, 0.5) is 10.2 Å². The van der Waals surface area contributed by atoms with Crippen LogP contribution in [0.15, 0.2) is 36.9 Å². The Kier molecular flexibility index (Phi) is 4.49. The number of benzene rings is 1. The average molecular weight is 359 g/mol. The highest BCUT2D eigenvalue weighted by molar-refractivity contribution is 5.82. The van der Waals surface area contributed by atoms with Gasteiger partial charge in [-0.15, -0.1) is 0 Å². The molecule has 4 rings (SSSR count). The van der Waals surface area contributed by atoms with E-state index >= 15 is 0 Å². The predicted molar refractivity (Wildman–Crippen MR) is 90.7 cm³/mol. The number of anilines is 1. The van der Waals surface area contributed by atoms with Crippen LogP contribution in [0.2, 0.25) is 0 Å². The van der Waals surface area contributed by atoms with E-state index < -0.39 is 18.4 Å². The number of fused-ring (bicyclic) bond motifs is 1. The van der Waals surface area contributed by atoms with Crippen molar-refractivity contribution in [1.82, 2.24) is 19.5 Å². The van der Waals surface area contributed by atoms with E-state index in [1.807, 2.05) is 0 Å². The Bertz CT molecular complexity index is 918. The summed E-state index contributed by atoms with van der Waals surface area (Å²) in [5.41, 5.74) is 1.58. The number of ether oxygens (including phenoxy) is 1. The number of hydrogen-bond donors (Lipinski definition) is 3. The SMILES string of the molecule is OC[C@H]1OC(n2cnc3c(NCc4ccccc4F)ncnc32)C[C@@H]1O. The van der Waals surface area contributed by atoms with Crippen LogP contribution in [0.3, 0.4) is 0 Å². The van der Waals surface area contributed by atoms with Crippen molar-refractivity contribution < 1.29 is 19.3 Å². The molecule has 0 amide bonds. The third kappa shape index (κ3) is 3.00. The molecule has 0 radical (unpaired) electrons. The smallest absolute Gasteiger partial charge is 0.167 e. The summed E-state index contributed by atoms with van der Waals surface area (Å²) in [4.78, 5) is 12.8. The summed E-state index contributed by atoms with van der Waals surface area (Å²) < 4.78 is 21.1. The van der Waals surface area contributed by atoms with Crippen molar-refractivity contribution in [2.45, 2.75) is 31.4 Å². The minimum absolute atomic E-state index is 0.255. The summed E-state index contributed by atoms with van der Waals surface area (Å²) in [7, 11) is 0. The third-order valence-electron chi connectivity index (χ3n) is 4.46. The summed E-state index contributed by atoms with van der Waals surface area (Å²) >= 11 is 0. The highest BCUT2D eigenvalue weighted by Crippen LogP contribution is 2.31. The van der Waals surface area contributed by atoms with Gasteiger partial charge in [0.25, 0.3) is 0 Å². The van der Waals surface area contributed by atoms with E-state index in [1.54, 1.807) is 29.1 Å². The van der Waals surface area contributed by atoms with Crippen LogP contribution in [0.1, 0.15) is 18.2 Å². The number of nitrogens with zero attached hydrogens (tertiary/aromatic N) is 4. The van der Waals surface area contributed by atoms with Crippen molar-refractivity contribution in [3.8, 4) is 0 Å². The van der Waals surface area contributed by atoms with Crippen molar-refractivity contribution in [3.63, 3.8) is 0 Å². The Morgan fingerprint density at radius 2 is 2.12 bits per heavy atom. The third-order valence-corrected chi connectivity index (χ3v) is 4.46. The zero-order chi connectivity index (χ0) is 18.1. The van der Waals surface area contributed by atoms with Crippen molar-refractivity contribution in [3.05, 3.63) is 48.3 Å². The first-order chi connectivity index (χ1) is 12.7. The van der Waals surface area contributed by atoms with E-state index in [4.69, 9.17) is 4.74 Å². The topological polar surface area (TPSA) is 105 Å². The molecular formula is C17H18FN5O3. The van der Waals surface area contributed by atoms with Gasteiger partial charge < -0.3 is 20.3 Å². The fraction of sp³-hybridized carbons (Fsp3) is 0.353. The number of imidazole rings is 1. The first kappa shape index (κ1) is 16.8. The van der Waals surface area contributed by atoms with Gasteiger partial charge in [-0.25, -0.2) is 19.3 Å². The van der Waals surface area contributed by atoms with Gasteiger partial charge in [-0.05, 0) is 6.07 Å². The zero-order valence-corrected chi connectivity index (χ0v) is 13.8. The second-order valence-corrected chi connectivity index (χ2v) is 6.11. The number of nitrogens with one attached hydrogen (secondary N) is 1. The molecule has 1 fully saturated rings. The normalized spacial score (nSPS) is 22.8. The molecule has 26 heavy (non-hydrogen) atoms. The number of aliphatic hydroxyl groups is 2. The summed E-state index contributed by atoms with van der Waals surface area (Å²) in [6, 6.07) is 6.51. The molecule has 1 aromatic carbocycles. The lowest BCUT2D eigenvalue weighted by Crippen LogP contribution is -2.24. The van der Waals surface area contributed by atoms with Gasteiger partial charge in [0.1, 0.15) is 24.5 Å². The molecule has 1 unspecified atom stereocenters. The lowest BCUT2D eigenvalue weighted by atomic mass is 10.2. The summed E-state index contributed by atoms with van der Waals surface area (Å²) in [6.45, 7) is 0.00556. The van der Waals surface area contributed by atoms with Crippen LogP contribution in [0.25, 0.3) is 11.2 Å². The molecule has 8 nitrogen and oxygen atoms in total. The van der Waals surface area contributed by atoms with Gasteiger partial charge in [0, 0.05) is 18.5 Å². The van der Waals surface area contributed by atoms with Crippen LogP contribution in [-0.4, -0.2) is 48.5 Å². The molecule has 3 heterocycles. The van der Waals surface area contributed by atoms with E-state index in [0.717, 1.165) is 0 Å². The van der Waals surface area contributed by atoms with Crippen LogP contribution in [0, 0.1) is 5.82 Å². The van der Waals surface area contributed by atoms with Crippen molar-refractivity contribution in [2.75, 3.05) is 11.9 Å². The largest absolute Gasteiger partial charge is 0.394 e. The van der Waals surface area contributed by atoms with Crippen molar-refractivity contribution >= 4 is 17.0 Å². The van der Waals surface area contributed by atoms with Crippen molar-refractivity contribution in [2.24, 2.45) is 0 Å².